The number of hydrogen-bond acceptors (Lipinski definition) is 7. The lowest BCUT2D eigenvalue weighted by Crippen LogP contribution is -2.40. The summed E-state index contributed by atoms with van der Waals surface area (Å²) in [5.41, 5.74) is 2.03. The van der Waals surface area contributed by atoms with E-state index in [2.05, 4.69) is 15.3 Å². The number of morpholine rings is 1. The molecule has 0 saturated carbocycles. The van der Waals surface area contributed by atoms with Gasteiger partial charge in [0.15, 0.2) is 5.16 Å². The number of methoxy groups -OCH3 is 1. The van der Waals surface area contributed by atoms with Gasteiger partial charge in [0.25, 0.3) is 0 Å². The number of ether oxygens (including phenoxy) is 2. The zero-order chi connectivity index (χ0) is 21.8. The fourth-order valence-corrected chi connectivity index (χ4v) is 5.30. The van der Waals surface area contributed by atoms with Crippen LogP contribution in [0.4, 0.5) is 5.69 Å². The predicted octanol–water partition coefficient (Wildman–Crippen LogP) is 2.32. The second-order valence-electron chi connectivity index (χ2n) is 6.81. The molecule has 4 rings (SSSR count). The van der Waals surface area contributed by atoms with E-state index in [9.17, 15) is 13.2 Å². The molecular formula is C20H22N4O5S2. The fraction of sp³-hybridized carbons (Fsp3) is 0.300. The fourth-order valence-electron chi connectivity index (χ4n) is 3.16. The number of H-pyrrole nitrogens is 1. The van der Waals surface area contributed by atoms with Crippen molar-refractivity contribution in [2.75, 3.05) is 44.5 Å². The maximum atomic E-state index is 12.8. The topological polar surface area (TPSA) is 114 Å². The molecule has 0 aliphatic carbocycles. The molecule has 1 saturated heterocycles. The Balaban J connectivity index is 1.39. The molecule has 2 heterocycles. The van der Waals surface area contributed by atoms with Crippen molar-refractivity contribution in [2.45, 2.75) is 10.1 Å². The van der Waals surface area contributed by atoms with Gasteiger partial charge in [-0.2, -0.15) is 4.31 Å². The van der Waals surface area contributed by atoms with E-state index >= 15 is 0 Å². The highest BCUT2D eigenvalue weighted by Crippen LogP contribution is 2.24. The summed E-state index contributed by atoms with van der Waals surface area (Å²) in [6.07, 6.45) is 0. The number of amides is 1. The minimum absolute atomic E-state index is 0.122. The molecule has 2 N–H and O–H groups in total. The molecule has 0 atom stereocenters. The van der Waals surface area contributed by atoms with Crippen molar-refractivity contribution < 1.29 is 22.7 Å². The summed E-state index contributed by atoms with van der Waals surface area (Å²) >= 11 is 1.26. The summed E-state index contributed by atoms with van der Waals surface area (Å²) in [5, 5.41) is 3.36. The third-order valence-corrected chi connectivity index (χ3v) is 7.50. The van der Waals surface area contributed by atoms with Crippen molar-refractivity contribution in [1.82, 2.24) is 14.3 Å². The zero-order valence-electron chi connectivity index (χ0n) is 16.8. The minimum Gasteiger partial charge on any atom is -0.497 e. The number of thioether (sulfide) groups is 1. The molecule has 1 fully saturated rings. The van der Waals surface area contributed by atoms with Gasteiger partial charge in [-0.15, -0.1) is 0 Å². The number of aromatic amines is 1. The van der Waals surface area contributed by atoms with Gasteiger partial charge < -0.3 is 19.8 Å². The first-order valence-corrected chi connectivity index (χ1v) is 12.0. The maximum absolute atomic E-state index is 12.8. The second-order valence-corrected chi connectivity index (χ2v) is 9.71. The first-order chi connectivity index (χ1) is 15.0. The number of hydrogen-bond donors (Lipinski definition) is 2. The normalized spacial score (nSPS) is 15.1. The lowest BCUT2D eigenvalue weighted by atomic mass is 10.3. The first kappa shape index (κ1) is 21.6. The summed E-state index contributed by atoms with van der Waals surface area (Å²) in [4.78, 5) is 20.1. The molecular weight excluding hydrogens is 440 g/mol. The van der Waals surface area contributed by atoms with Crippen LogP contribution in [0, 0.1) is 0 Å². The Hall–Kier alpha value is -2.60. The second kappa shape index (κ2) is 9.27. The number of rotatable bonds is 7. The highest BCUT2D eigenvalue weighted by atomic mass is 32.2. The predicted molar refractivity (Wildman–Crippen MR) is 118 cm³/mol. The monoisotopic (exact) mass is 462 g/mol. The van der Waals surface area contributed by atoms with E-state index in [-0.39, 0.29) is 16.6 Å². The number of imidazole rings is 1. The van der Waals surface area contributed by atoms with Gasteiger partial charge in [-0.3, -0.25) is 4.79 Å². The molecule has 0 unspecified atom stereocenters. The number of carbonyl (C=O) groups is 1. The van der Waals surface area contributed by atoms with Gasteiger partial charge in [0.1, 0.15) is 5.75 Å². The lowest BCUT2D eigenvalue weighted by molar-refractivity contribution is -0.113. The van der Waals surface area contributed by atoms with E-state index in [1.54, 1.807) is 19.2 Å². The van der Waals surface area contributed by atoms with E-state index in [0.29, 0.717) is 37.1 Å². The van der Waals surface area contributed by atoms with Gasteiger partial charge in [-0.25, -0.2) is 13.4 Å². The molecule has 11 heteroatoms. The van der Waals surface area contributed by atoms with Crippen molar-refractivity contribution in [1.29, 1.82) is 0 Å². The summed E-state index contributed by atoms with van der Waals surface area (Å²) < 4.78 is 37.4. The third-order valence-electron chi connectivity index (χ3n) is 4.73. The molecule has 0 radical (unpaired) electrons. The molecule has 0 bridgehead atoms. The zero-order valence-corrected chi connectivity index (χ0v) is 18.5. The smallest absolute Gasteiger partial charge is 0.243 e. The number of aromatic nitrogens is 2. The van der Waals surface area contributed by atoms with Gasteiger partial charge in [-0.05, 0) is 30.3 Å². The van der Waals surface area contributed by atoms with Crippen LogP contribution in [0.15, 0.2) is 52.5 Å². The number of nitrogens with one attached hydrogen (secondary N) is 2. The quantitative estimate of drug-likeness (QED) is 0.518. The van der Waals surface area contributed by atoms with Gasteiger partial charge in [0, 0.05) is 24.8 Å². The maximum Gasteiger partial charge on any atom is 0.243 e. The number of carbonyl (C=O) groups excluding carboxylic acids is 1. The van der Waals surface area contributed by atoms with E-state index in [1.165, 1.54) is 28.2 Å². The molecule has 0 spiro atoms. The Morgan fingerprint density at radius 2 is 2.06 bits per heavy atom. The molecule has 1 aliphatic heterocycles. The van der Waals surface area contributed by atoms with Gasteiger partial charge in [-0.1, -0.05) is 17.8 Å². The highest BCUT2D eigenvalue weighted by molar-refractivity contribution is 7.99. The van der Waals surface area contributed by atoms with Gasteiger partial charge in [0.2, 0.25) is 15.9 Å². The Kier molecular flexibility index (Phi) is 6.46. The van der Waals surface area contributed by atoms with Crippen molar-refractivity contribution in [2.24, 2.45) is 0 Å². The molecule has 164 valence electrons. The van der Waals surface area contributed by atoms with Crippen LogP contribution in [-0.4, -0.2) is 67.8 Å². The third kappa shape index (κ3) is 5.01. The number of sulfonamides is 1. The van der Waals surface area contributed by atoms with Crippen molar-refractivity contribution in [3.63, 3.8) is 0 Å². The van der Waals surface area contributed by atoms with Crippen LogP contribution in [-0.2, 0) is 19.6 Å². The molecule has 9 nitrogen and oxygen atoms in total. The number of nitrogens with zero attached hydrogens (tertiary/aromatic N) is 2. The van der Waals surface area contributed by atoms with Crippen LogP contribution in [0.1, 0.15) is 0 Å². The molecule has 1 aliphatic rings. The van der Waals surface area contributed by atoms with Crippen molar-refractivity contribution >= 4 is 44.4 Å². The SMILES string of the molecule is COc1ccc2nc(SCC(=O)Nc3cccc(S(=O)(=O)N4CCOCC4)c3)[nH]c2c1. The standard InChI is InChI=1S/C20H22N4O5S2/c1-28-15-5-6-17-18(12-15)23-20(22-17)30-13-19(25)21-14-3-2-4-16(11-14)31(26,27)24-7-9-29-10-8-24/h2-6,11-12H,7-10,13H2,1H3,(H,21,25)(H,22,23). The number of benzene rings is 2. The molecule has 2 aromatic carbocycles. The average molecular weight is 463 g/mol. The van der Waals surface area contributed by atoms with E-state index in [1.807, 2.05) is 18.2 Å². The first-order valence-electron chi connectivity index (χ1n) is 9.60. The highest BCUT2D eigenvalue weighted by Gasteiger charge is 2.26. The number of anilines is 1. The van der Waals surface area contributed by atoms with Crippen LogP contribution >= 0.6 is 11.8 Å². The van der Waals surface area contributed by atoms with E-state index < -0.39 is 10.0 Å². The van der Waals surface area contributed by atoms with E-state index in [0.717, 1.165) is 16.8 Å². The summed E-state index contributed by atoms with van der Waals surface area (Å²) in [5.74, 6) is 0.582. The molecule has 1 aromatic heterocycles. The van der Waals surface area contributed by atoms with Gasteiger partial charge in [0.05, 0.1) is 42.0 Å². The van der Waals surface area contributed by atoms with Crippen LogP contribution in [0.5, 0.6) is 5.75 Å². The Morgan fingerprint density at radius 3 is 2.84 bits per heavy atom. The summed E-state index contributed by atoms with van der Waals surface area (Å²) in [6.45, 7) is 1.39. The summed E-state index contributed by atoms with van der Waals surface area (Å²) in [6, 6.07) is 11.8. The van der Waals surface area contributed by atoms with Crippen LogP contribution in [0.25, 0.3) is 11.0 Å². The Labute approximate surface area is 184 Å². The lowest BCUT2D eigenvalue weighted by Gasteiger charge is -2.26. The molecule has 31 heavy (non-hydrogen) atoms. The van der Waals surface area contributed by atoms with Crippen LogP contribution in [0.2, 0.25) is 0 Å². The van der Waals surface area contributed by atoms with Crippen molar-refractivity contribution in [3.8, 4) is 5.75 Å². The largest absolute Gasteiger partial charge is 0.497 e. The summed E-state index contributed by atoms with van der Waals surface area (Å²) in [7, 11) is -2.03. The number of fused-ring (bicyclic) bond motifs is 1. The molecule has 1 amide bonds. The van der Waals surface area contributed by atoms with E-state index in [4.69, 9.17) is 9.47 Å². The average Bonchev–Trinajstić information content (AvgIpc) is 3.20. The van der Waals surface area contributed by atoms with Crippen LogP contribution < -0.4 is 10.1 Å². The van der Waals surface area contributed by atoms with Crippen molar-refractivity contribution in [3.05, 3.63) is 42.5 Å². The minimum atomic E-state index is -3.62. The molecule has 3 aromatic rings. The van der Waals surface area contributed by atoms with Gasteiger partial charge >= 0.3 is 0 Å². The Bertz CT molecular complexity index is 1190. The Morgan fingerprint density at radius 1 is 1.26 bits per heavy atom. The van der Waals surface area contributed by atoms with Crippen LogP contribution in [0.3, 0.4) is 0 Å².